The van der Waals surface area contributed by atoms with Crippen LogP contribution in [0.25, 0.3) is 0 Å². The molecule has 0 aromatic heterocycles. The first-order valence-corrected chi connectivity index (χ1v) is 8.14. The van der Waals surface area contributed by atoms with Crippen LogP contribution in [0.3, 0.4) is 0 Å². The van der Waals surface area contributed by atoms with E-state index in [9.17, 15) is 4.79 Å². The van der Waals surface area contributed by atoms with Crippen LogP contribution in [0.2, 0.25) is 0 Å². The first-order chi connectivity index (χ1) is 11.6. The summed E-state index contributed by atoms with van der Waals surface area (Å²) in [7, 11) is 0. The first kappa shape index (κ1) is 16.3. The largest absolute Gasteiger partial charge is 0.491 e. The molecular formula is C19H22N2O3. The van der Waals surface area contributed by atoms with E-state index >= 15 is 0 Å². The minimum absolute atomic E-state index is 0.172. The van der Waals surface area contributed by atoms with Gasteiger partial charge in [-0.3, -0.25) is 4.79 Å². The van der Waals surface area contributed by atoms with Crippen LogP contribution in [0.15, 0.2) is 42.5 Å². The second kappa shape index (κ2) is 7.36. The molecular weight excluding hydrogens is 304 g/mol. The molecule has 1 fully saturated rings. The molecule has 5 nitrogen and oxygen atoms in total. The number of ether oxygens (including phenoxy) is 2. The molecule has 1 saturated heterocycles. The SMILES string of the molecule is Cc1ccc(N)cc1NC(=O)c1ccc(OCC2CCCO2)cc1. The van der Waals surface area contributed by atoms with Crippen LogP contribution in [0.4, 0.5) is 11.4 Å². The summed E-state index contributed by atoms with van der Waals surface area (Å²) in [5, 5.41) is 2.88. The van der Waals surface area contributed by atoms with Crippen molar-refractivity contribution < 1.29 is 14.3 Å². The van der Waals surface area contributed by atoms with Crippen molar-refractivity contribution >= 4 is 17.3 Å². The van der Waals surface area contributed by atoms with Crippen molar-refractivity contribution in [1.82, 2.24) is 0 Å². The van der Waals surface area contributed by atoms with Gasteiger partial charge < -0.3 is 20.5 Å². The van der Waals surface area contributed by atoms with Gasteiger partial charge in [-0.15, -0.1) is 0 Å². The number of carbonyl (C=O) groups is 1. The van der Waals surface area contributed by atoms with Crippen molar-refractivity contribution in [3.63, 3.8) is 0 Å². The molecule has 1 aliphatic heterocycles. The summed E-state index contributed by atoms with van der Waals surface area (Å²) in [5.41, 5.74) is 8.65. The molecule has 1 heterocycles. The number of hydrogen-bond donors (Lipinski definition) is 2. The van der Waals surface area contributed by atoms with E-state index in [0.29, 0.717) is 17.9 Å². The van der Waals surface area contributed by atoms with Gasteiger partial charge in [-0.25, -0.2) is 0 Å². The summed E-state index contributed by atoms with van der Waals surface area (Å²) in [6.07, 6.45) is 2.32. The Morgan fingerprint density at radius 3 is 2.79 bits per heavy atom. The molecule has 0 spiro atoms. The molecule has 0 saturated carbocycles. The Labute approximate surface area is 141 Å². The minimum Gasteiger partial charge on any atom is -0.491 e. The van der Waals surface area contributed by atoms with Crippen LogP contribution in [0, 0.1) is 6.92 Å². The smallest absolute Gasteiger partial charge is 0.255 e. The topological polar surface area (TPSA) is 73.6 Å². The number of hydrogen-bond acceptors (Lipinski definition) is 4. The molecule has 2 aromatic rings. The van der Waals surface area contributed by atoms with Crippen LogP contribution in [0.5, 0.6) is 5.75 Å². The molecule has 126 valence electrons. The predicted molar refractivity (Wildman–Crippen MR) is 94.5 cm³/mol. The number of amides is 1. The van der Waals surface area contributed by atoms with Crippen molar-refractivity contribution in [1.29, 1.82) is 0 Å². The molecule has 1 amide bonds. The van der Waals surface area contributed by atoms with Gasteiger partial charge in [-0.05, 0) is 61.7 Å². The molecule has 1 aliphatic rings. The minimum atomic E-state index is -0.172. The average Bonchev–Trinajstić information content (AvgIpc) is 3.10. The van der Waals surface area contributed by atoms with E-state index in [4.69, 9.17) is 15.2 Å². The van der Waals surface area contributed by atoms with Crippen molar-refractivity contribution in [2.75, 3.05) is 24.3 Å². The van der Waals surface area contributed by atoms with Gasteiger partial charge >= 0.3 is 0 Å². The maximum Gasteiger partial charge on any atom is 0.255 e. The normalized spacial score (nSPS) is 16.8. The lowest BCUT2D eigenvalue weighted by atomic mass is 10.1. The first-order valence-electron chi connectivity index (χ1n) is 8.14. The molecule has 5 heteroatoms. The van der Waals surface area contributed by atoms with E-state index in [-0.39, 0.29) is 12.0 Å². The van der Waals surface area contributed by atoms with Gasteiger partial charge in [0.25, 0.3) is 5.91 Å². The third-order valence-electron chi connectivity index (χ3n) is 4.09. The van der Waals surface area contributed by atoms with E-state index in [0.717, 1.165) is 36.4 Å². The van der Waals surface area contributed by atoms with Gasteiger partial charge in [0.1, 0.15) is 12.4 Å². The predicted octanol–water partition coefficient (Wildman–Crippen LogP) is 3.39. The molecule has 0 aliphatic carbocycles. The molecule has 3 N–H and O–H groups in total. The van der Waals surface area contributed by atoms with Crippen molar-refractivity contribution in [3.05, 3.63) is 53.6 Å². The quantitative estimate of drug-likeness (QED) is 0.826. The Kier molecular flexibility index (Phi) is 5.01. The summed E-state index contributed by atoms with van der Waals surface area (Å²) in [5.74, 6) is 0.566. The van der Waals surface area contributed by atoms with E-state index in [1.165, 1.54) is 0 Å². The number of carbonyl (C=O) groups excluding carboxylic acids is 1. The molecule has 3 rings (SSSR count). The van der Waals surface area contributed by atoms with E-state index in [2.05, 4.69) is 5.32 Å². The average molecular weight is 326 g/mol. The second-order valence-corrected chi connectivity index (χ2v) is 6.00. The van der Waals surface area contributed by atoms with E-state index < -0.39 is 0 Å². The number of benzene rings is 2. The second-order valence-electron chi connectivity index (χ2n) is 6.00. The van der Waals surface area contributed by atoms with Gasteiger partial charge in [0, 0.05) is 23.5 Å². The lowest BCUT2D eigenvalue weighted by Crippen LogP contribution is -2.16. The Morgan fingerprint density at radius 2 is 2.08 bits per heavy atom. The summed E-state index contributed by atoms with van der Waals surface area (Å²) in [6.45, 7) is 3.29. The highest BCUT2D eigenvalue weighted by Gasteiger charge is 2.16. The maximum atomic E-state index is 12.3. The summed E-state index contributed by atoms with van der Waals surface area (Å²) in [6, 6.07) is 12.6. The fourth-order valence-corrected chi connectivity index (χ4v) is 2.64. The van der Waals surface area contributed by atoms with Gasteiger partial charge in [0.2, 0.25) is 0 Å². The third kappa shape index (κ3) is 4.06. The highest BCUT2D eigenvalue weighted by atomic mass is 16.5. The lowest BCUT2D eigenvalue weighted by Gasteiger charge is -2.12. The Morgan fingerprint density at radius 1 is 1.29 bits per heavy atom. The Bertz CT molecular complexity index is 707. The summed E-state index contributed by atoms with van der Waals surface area (Å²) >= 11 is 0. The molecule has 1 unspecified atom stereocenters. The third-order valence-corrected chi connectivity index (χ3v) is 4.09. The number of nitrogen functional groups attached to an aromatic ring is 1. The number of nitrogens with two attached hydrogens (primary N) is 1. The van der Waals surface area contributed by atoms with Gasteiger partial charge in [0.15, 0.2) is 0 Å². The van der Waals surface area contributed by atoms with Crippen molar-refractivity contribution in [2.24, 2.45) is 0 Å². The highest BCUT2D eigenvalue weighted by molar-refractivity contribution is 6.04. The lowest BCUT2D eigenvalue weighted by molar-refractivity contribution is 0.0679. The summed E-state index contributed by atoms with van der Waals surface area (Å²) in [4.78, 5) is 12.3. The number of nitrogens with one attached hydrogen (secondary N) is 1. The Hall–Kier alpha value is -2.53. The van der Waals surface area contributed by atoms with Gasteiger partial charge in [-0.1, -0.05) is 6.07 Å². The fourth-order valence-electron chi connectivity index (χ4n) is 2.64. The Balaban J connectivity index is 1.59. The standard InChI is InChI=1S/C19H22N2O3/c1-13-4-7-15(20)11-18(13)21-19(22)14-5-8-16(9-6-14)24-12-17-3-2-10-23-17/h4-9,11,17H,2-3,10,12,20H2,1H3,(H,21,22). The van der Waals surface area contributed by atoms with Gasteiger partial charge in [-0.2, -0.15) is 0 Å². The molecule has 24 heavy (non-hydrogen) atoms. The zero-order chi connectivity index (χ0) is 16.9. The fraction of sp³-hybridized carbons (Fsp3) is 0.316. The van der Waals surface area contributed by atoms with E-state index in [1.807, 2.05) is 19.1 Å². The van der Waals surface area contributed by atoms with Crippen LogP contribution in [0.1, 0.15) is 28.8 Å². The van der Waals surface area contributed by atoms with E-state index in [1.54, 1.807) is 30.3 Å². The highest BCUT2D eigenvalue weighted by Crippen LogP contribution is 2.20. The van der Waals surface area contributed by atoms with Crippen LogP contribution in [-0.4, -0.2) is 25.2 Å². The maximum absolute atomic E-state index is 12.3. The monoisotopic (exact) mass is 326 g/mol. The molecule has 1 atom stereocenters. The number of aryl methyl sites for hydroxylation is 1. The van der Waals surface area contributed by atoms with Crippen molar-refractivity contribution in [2.45, 2.75) is 25.9 Å². The molecule has 0 radical (unpaired) electrons. The number of rotatable bonds is 5. The number of anilines is 2. The van der Waals surface area contributed by atoms with Crippen LogP contribution in [-0.2, 0) is 4.74 Å². The van der Waals surface area contributed by atoms with Crippen molar-refractivity contribution in [3.8, 4) is 5.75 Å². The zero-order valence-corrected chi connectivity index (χ0v) is 13.7. The van der Waals surface area contributed by atoms with Crippen LogP contribution >= 0.6 is 0 Å². The summed E-state index contributed by atoms with van der Waals surface area (Å²) < 4.78 is 11.2. The molecule has 0 bridgehead atoms. The zero-order valence-electron chi connectivity index (χ0n) is 13.7. The molecule has 2 aromatic carbocycles. The van der Waals surface area contributed by atoms with Gasteiger partial charge in [0.05, 0.1) is 6.10 Å². The van der Waals surface area contributed by atoms with Crippen LogP contribution < -0.4 is 15.8 Å².